The first-order valence-corrected chi connectivity index (χ1v) is 5.65. The lowest BCUT2D eigenvalue weighted by Gasteiger charge is -2.37. The van der Waals surface area contributed by atoms with Crippen LogP contribution in [-0.4, -0.2) is 30.5 Å². The Bertz CT molecular complexity index is 344. The summed E-state index contributed by atoms with van der Waals surface area (Å²) in [5, 5.41) is 0. The van der Waals surface area contributed by atoms with E-state index in [9.17, 15) is 4.79 Å². The van der Waals surface area contributed by atoms with Crippen molar-refractivity contribution in [3.8, 4) is 0 Å². The van der Waals surface area contributed by atoms with E-state index < -0.39 is 0 Å². The van der Waals surface area contributed by atoms with Gasteiger partial charge in [-0.3, -0.25) is 4.79 Å². The lowest BCUT2D eigenvalue weighted by Crippen LogP contribution is -2.49. The fraction of sp³-hybridized carbons (Fsp3) is 0.462. The Kier molecular flexibility index (Phi) is 3.57. The van der Waals surface area contributed by atoms with Crippen LogP contribution in [0.4, 0.5) is 0 Å². The molecular weight excluding hydrogens is 202 g/mol. The second-order valence-electron chi connectivity index (χ2n) is 4.38. The number of likely N-dealkylation sites (tertiary alicyclic amines) is 1. The Labute approximate surface area is 96.0 Å². The average Bonchev–Trinajstić information content (AvgIpc) is 2.26. The quantitative estimate of drug-likeness (QED) is 0.771. The highest BCUT2D eigenvalue weighted by Gasteiger charge is 2.26. The first-order valence-electron chi connectivity index (χ1n) is 5.65. The summed E-state index contributed by atoms with van der Waals surface area (Å²) in [5.74, 6) is 0.757. The van der Waals surface area contributed by atoms with E-state index in [2.05, 4.69) is 6.92 Å². The van der Waals surface area contributed by atoms with Crippen molar-refractivity contribution in [2.45, 2.75) is 13.5 Å². The van der Waals surface area contributed by atoms with Crippen LogP contribution in [0.1, 0.15) is 12.5 Å². The maximum atomic E-state index is 11.6. The number of benzene rings is 1. The van der Waals surface area contributed by atoms with E-state index in [0.717, 1.165) is 18.7 Å². The number of hydrogen-bond acceptors (Lipinski definition) is 2. The van der Waals surface area contributed by atoms with Gasteiger partial charge in [0.1, 0.15) is 6.61 Å². The lowest BCUT2D eigenvalue weighted by atomic mass is 10.0. The highest BCUT2D eigenvalue weighted by atomic mass is 16.5. The number of carbonyl (C=O) groups excluding carboxylic acids is 1. The van der Waals surface area contributed by atoms with Crippen LogP contribution in [0.3, 0.4) is 0 Å². The van der Waals surface area contributed by atoms with Gasteiger partial charge in [-0.2, -0.15) is 0 Å². The summed E-state index contributed by atoms with van der Waals surface area (Å²) in [6.45, 7) is 4.62. The highest BCUT2D eigenvalue weighted by Crippen LogP contribution is 2.14. The fourth-order valence-electron chi connectivity index (χ4n) is 1.82. The van der Waals surface area contributed by atoms with Crippen molar-refractivity contribution >= 4 is 5.91 Å². The van der Waals surface area contributed by atoms with Crippen molar-refractivity contribution in [3.63, 3.8) is 0 Å². The molecule has 0 atom stereocenters. The van der Waals surface area contributed by atoms with Crippen molar-refractivity contribution in [1.29, 1.82) is 0 Å². The molecule has 0 aromatic heterocycles. The summed E-state index contributed by atoms with van der Waals surface area (Å²) in [6, 6.07) is 9.90. The number of ether oxygens (including phenoxy) is 1. The molecule has 0 saturated carbocycles. The van der Waals surface area contributed by atoms with Crippen LogP contribution >= 0.6 is 0 Å². The van der Waals surface area contributed by atoms with E-state index in [1.807, 2.05) is 35.2 Å². The van der Waals surface area contributed by atoms with Gasteiger partial charge in [0.25, 0.3) is 0 Å². The summed E-state index contributed by atoms with van der Waals surface area (Å²) in [4.78, 5) is 13.4. The van der Waals surface area contributed by atoms with Crippen molar-refractivity contribution in [3.05, 3.63) is 35.9 Å². The predicted molar refractivity (Wildman–Crippen MR) is 61.8 cm³/mol. The van der Waals surface area contributed by atoms with E-state index in [1.165, 1.54) is 0 Å². The molecule has 3 heteroatoms. The van der Waals surface area contributed by atoms with E-state index in [1.54, 1.807) is 0 Å². The Morgan fingerprint density at radius 2 is 2.06 bits per heavy atom. The first-order chi connectivity index (χ1) is 7.75. The summed E-state index contributed by atoms with van der Waals surface area (Å²) in [5.41, 5.74) is 1.10. The minimum atomic E-state index is 0.106. The molecule has 0 radical (unpaired) electrons. The van der Waals surface area contributed by atoms with Crippen LogP contribution in [0.5, 0.6) is 0 Å². The second-order valence-corrected chi connectivity index (χ2v) is 4.38. The Hall–Kier alpha value is -1.35. The van der Waals surface area contributed by atoms with Gasteiger partial charge in [-0.05, 0) is 11.5 Å². The maximum Gasteiger partial charge on any atom is 0.248 e. The standard InChI is InChI=1S/C13H17NO2/c1-11-7-14(8-11)13(15)10-16-9-12-5-3-2-4-6-12/h2-6,11H,7-10H2,1H3. The zero-order valence-electron chi connectivity index (χ0n) is 9.56. The average molecular weight is 219 g/mol. The van der Waals surface area contributed by atoms with Crippen LogP contribution < -0.4 is 0 Å². The molecule has 0 bridgehead atoms. The third-order valence-corrected chi connectivity index (χ3v) is 2.75. The summed E-state index contributed by atoms with van der Waals surface area (Å²) >= 11 is 0. The Morgan fingerprint density at radius 1 is 1.38 bits per heavy atom. The van der Waals surface area contributed by atoms with Gasteiger partial charge in [-0.25, -0.2) is 0 Å². The van der Waals surface area contributed by atoms with E-state index in [0.29, 0.717) is 12.5 Å². The van der Waals surface area contributed by atoms with Crippen molar-refractivity contribution < 1.29 is 9.53 Å². The normalized spacial score (nSPS) is 15.9. The molecule has 1 aliphatic heterocycles. The largest absolute Gasteiger partial charge is 0.367 e. The van der Waals surface area contributed by atoms with Gasteiger partial charge in [-0.1, -0.05) is 37.3 Å². The summed E-state index contributed by atoms with van der Waals surface area (Å²) < 4.78 is 5.38. The van der Waals surface area contributed by atoms with E-state index >= 15 is 0 Å². The minimum absolute atomic E-state index is 0.106. The molecule has 1 heterocycles. The first kappa shape index (κ1) is 11.1. The number of amides is 1. The smallest absolute Gasteiger partial charge is 0.248 e. The third-order valence-electron chi connectivity index (χ3n) is 2.75. The monoisotopic (exact) mass is 219 g/mol. The van der Waals surface area contributed by atoms with Crippen LogP contribution in [0, 0.1) is 5.92 Å². The van der Waals surface area contributed by atoms with E-state index in [-0.39, 0.29) is 12.5 Å². The molecule has 1 aromatic rings. The van der Waals surface area contributed by atoms with Gasteiger partial charge in [-0.15, -0.1) is 0 Å². The van der Waals surface area contributed by atoms with Crippen molar-refractivity contribution in [2.24, 2.45) is 5.92 Å². The highest BCUT2D eigenvalue weighted by molar-refractivity contribution is 5.78. The number of nitrogens with zero attached hydrogens (tertiary/aromatic N) is 1. The molecule has 0 unspecified atom stereocenters. The molecule has 1 fully saturated rings. The molecule has 1 saturated heterocycles. The van der Waals surface area contributed by atoms with Crippen LogP contribution in [0.25, 0.3) is 0 Å². The van der Waals surface area contributed by atoms with Gasteiger partial charge in [0.2, 0.25) is 5.91 Å². The Balaban J connectivity index is 1.67. The molecule has 2 rings (SSSR count). The molecule has 3 nitrogen and oxygen atoms in total. The number of hydrogen-bond donors (Lipinski definition) is 0. The summed E-state index contributed by atoms with van der Waals surface area (Å²) in [6.07, 6.45) is 0. The molecule has 16 heavy (non-hydrogen) atoms. The molecule has 1 amide bonds. The molecule has 1 aliphatic rings. The fourth-order valence-corrected chi connectivity index (χ4v) is 1.82. The Morgan fingerprint density at radius 3 is 2.69 bits per heavy atom. The molecule has 1 aromatic carbocycles. The number of carbonyl (C=O) groups is 1. The molecule has 86 valence electrons. The van der Waals surface area contributed by atoms with Crippen LogP contribution in [0.2, 0.25) is 0 Å². The molecular formula is C13H17NO2. The molecule has 0 spiro atoms. The minimum Gasteiger partial charge on any atom is -0.367 e. The molecule has 0 N–H and O–H groups in total. The van der Waals surface area contributed by atoms with Gasteiger partial charge < -0.3 is 9.64 Å². The van der Waals surface area contributed by atoms with Crippen molar-refractivity contribution in [2.75, 3.05) is 19.7 Å². The summed E-state index contributed by atoms with van der Waals surface area (Å²) in [7, 11) is 0. The van der Waals surface area contributed by atoms with Crippen LogP contribution in [0.15, 0.2) is 30.3 Å². The van der Waals surface area contributed by atoms with Gasteiger partial charge in [0.15, 0.2) is 0 Å². The second kappa shape index (κ2) is 5.12. The van der Waals surface area contributed by atoms with E-state index in [4.69, 9.17) is 4.74 Å². The SMILES string of the molecule is CC1CN(C(=O)COCc2ccccc2)C1. The van der Waals surface area contributed by atoms with Gasteiger partial charge in [0.05, 0.1) is 6.61 Å². The predicted octanol–water partition coefficient (Wildman–Crippen LogP) is 1.68. The zero-order chi connectivity index (χ0) is 11.4. The van der Waals surface area contributed by atoms with Gasteiger partial charge in [0, 0.05) is 13.1 Å². The number of rotatable bonds is 4. The third kappa shape index (κ3) is 2.83. The molecule has 0 aliphatic carbocycles. The van der Waals surface area contributed by atoms with Crippen molar-refractivity contribution in [1.82, 2.24) is 4.90 Å². The lowest BCUT2D eigenvalue weighted by molar-refractivity contribution is -0.142. The van der Waals surface area contributed by atoms with Gasteiger partial charge >= 0.3 is 0 Å². The van der Waals surface area contributed by atoms with Crippen LogP contribution in [-0.2, 0) is 16.1 Å². The maximum absolute atomic E-state index is 11.6. The topological polar surface area (TPSA) is 29.5 Å². The zero-order valence-corrected chi connectivity index (χ0v) is 9.56.